The van der Waals surface area contributed by atoms with E-state index in [1.54, 1.807) is 24.8 Å². The Labute approximate surface area is 95.9 Å². The summed E-state index contributed by atoms with van der Waals surface area (Å²) in [5.41, 5.74) is 6.14. The van der Waals surface area contributed by atoms with Crippen LogP contribution in [0.2, 0.25) is 0 Å². The Bertz CT molecular complexity index is 258. The van der Waals surface area contributed by atoms with Crippen LogP contribution < -0.4 is 5.73 Å². The van der Waals surface area contributed by atoms with E-state index in [-0.39, 0.29) is 30.9 Å². The minimum atomic E-state index is -0.919. The van der Waals surface area contributed by atoms with Crippen molar-refractivity contribution in [3.63, 3.8) is 0 Å². The quantitative estimate of drug-likeness (QED) is 0.734. The summed E-state index contributed by atoms with van der Waals surface area (Å²) in [5, 5.41) is 0. The smallest absolute Gasteiger partial charge is 0.249 e. The molecule has 1 aliphatic heterocycles. The van der Waals surface area contributed by atoms with Gasteiger partial charge in [0.15, 0.2) is 0 Å². The number of hydrogen-bond donors (Lipinski definition) is 1. The maximum atomic E-state index is 13.1. The molecule has 1 fully saturated rings. The van der Waals surface area contributed by atoms with Crippen LogP contribution >= 0.6 is 12.4 Å². The van der Waals surface area contributed by atoms with Crippen molar-refractivity contribution in [3.05, 3.63) is 11.6 Å². The molecule has 1 saturated heterocycles. The largest absolute Gasteiger partial charge is 0.332 e. The van der Waals surface area contributed by atoms with E-state index < -0.39 is 6.17 Å². The Morgan fingerprint density at radius 2 is 2.27 bits per heavy atom. The number of hydrogen-bond acceptors (Lipinski definition) is 2. The summed E-state index contributed by atoms with van der Waals surface area (Å²) in [6.07, 6.45) is 1.19. The second-order valence-corrected chi connectivity index (χ2v) is 3.65. The molecule has 0 bridgehead atoms. The van der Waals surface area contributed by atoms with Crippen molar-refractivity contribution in [1.29, 1.82) is 0 Å². The number of likely N-dealkylation sites (tertiary alicyclic amines) is 1. The fourth-order valence-electron chi connectivity index (χ4n) is 1.68. The number of allylic oxidation sites excluding steroid dienone is 1. The summed E-state index contributed by atoms with van der Waals surface area (Å²) >= 11 is 0. The molecule has 15 heavy (non-hydrogen) atoms. The molecule has 88 valence electrons. The van der Waals surface area contributed by atoms with Gasteiger partial charge in [-0.2, -0.15) is 0 Å². The van der Waals surface area contributed by atoms with Crippen molar-refractivity contribution >= 4 is 18.3 Å². The van der Waals surface area contributed by atoms with Crippen LogP contribution in [-0.4, -0.2) is 36.1 Å². The Kier molecular flexibility index (Phi) is 5.83. The van der Waals surface area contributed by atoms with Crippen LogP contribution in [0.3, 0.4) is 0 Å². The molecule has 0 radical (unpaired) electrons. The van der Waals surface area contributed by atoms with Crippen LogP contribution in [0.1, 0.15) is 20.3 Å². The van der Waals surface area contributed by atoms with Crippen molar-refractivity contribution in [2.24, 2.45) is 5.73 Å². The molecule has 1 rings (SSSR count). The first-order chi connectivity index (χ1) is 6.60. The highest BCUT2D eigenvalue weighted by atomic mass is 35.5. The first-order valence-corrected chi connectivity index (χ1v) is 4.88. The number of rotatable bonds is 2. The number of halogens is 2. The fourth-order valence-corrected chi connectivity index (χ4v) is 1.68. The van der Waals surface area contributed by atoms with E-state index in [9.17, 15) is 9.18 Å². The summed E-state index contributed by atoms with van der Waals surface area (Å²) < 4.78 is 13.1. The van der Waals surface area contributed by atoms with Crippen molar-refractivity contribution in [2.45, 2.75) is 32.5 Å². The Balaban J connectivity index is 0.00000196. The molecule has 2 atom stereocenters. The van der Waals surface area contributed by atoms with Gasteiger partial charge >= 0.3 is 0 Å². The number of alkyl halides is 1. The van der Waals surface area contributed by atoms with Crippen LogP contribution in [0.15, 0.2) is 11.6 Å². The van der Waals surface area contributed by atoms with Gasteiger partial charge in [0, 0.05) is 24.6 Å². The summed E-state index contributed by atoms with van der Waals surface area (Å²) in [6.45, 7) is 4.06. The second kappa shape index (κ2) is 6.08. The molecule has 3 nitrogen and oxygen atoms in total. The van der Waals surface area contributed by atoms with E-state index in [2.05, 4.69) is 0 Å². The van der Waals surface area contributed by atoms with E-state index in [0.29, 0.717) is 18.5 Å². The minimum Gasteiger partial charge on any atom is -0.332 e. The van der Waals surface area contributed by atoms with Crippen molar-refractivity contribution in [2.75, 3.05) is 13.1 Å². The third kappa shape index (κ3) is 3.18. The maximum Gasteiger partial charge on any atom is 0.249 e. The Morgan fingerprint density at radius 1 is 1.67 bits per heavy atom. The predicted octanol–water partition coefficient (Wildman–Crippen LogP) is 1.27. The highest BCUT2D eigenvalue weighted by Crippen LogP contribution is 2.21. The summed E-state index contributed by atoms with van der Waals surface area (Å²) in [5.74, 6) is -0.0944. The fraction of sp³-hybridized carbons (Fsp3) is 0.700. The van der Waals surface area contributed by atoms with Crippen LogP contribution in [0.5, 0.6) is 0 Å². The molecule has 1 aliphatic rings. The molecule has 0 aromatic rings. The number of carbonyl (C=O) groups is 1. The third-order valence-corrected chi connectivity index (χ3v) is 2.67. The molecule has 0 saturated carbocycles. The standard InChI is InChI=1S/C10H17FN2O.ClH/c1-3-7(2)10(14)13-6-8(11)4-9(13)5-12;/h3,8-9H,4-6,12H2,1-2H3;1H/b7-3-;/t8-,9+;/m1./s1. The summed E-state index contributed by atoms with van der Waals surface area (Å²) in [6, 6.07) is -0.132. The number of carbonyl (C=O) groups excluding carboxylic acids is 1. The topological polar surface area (TPSA) is 46.3 Å². The average molecular weight is 237 g/mol. The molecule has 1 heterocycles. The van der Waals surface area contributed by atoms with Gasteiger partial charge in [-0.1, -0.05) is 6.08 Å². The summed E-state index contributed by atoms with van der Waals surface area (Å²) in [7, 11) is 0. The van der Waals surface area contributed by atoms with Gasteiger partial charge in [-0.15, -0.1) is 12.4 Å². The molecule has 1 amide bonds. The number of nitrogens with zero attached hydrogens (tertiary/aromatic N) is 1. The molecule has 0 aromatic heterocycles. The van der Waals surface area contributed by atoms with Gasteiger partial charge in [-0.3, -0.25) is 4.79 Å². The van der Waals surface area contributed by atoms with E-state index in [1.165, 1.54) is 0 Å². The molecular formula is C10H18ClFN2O. The average Bonchev–Trinajstić information content (AvgIpc) is 2.57. The van der Waals surface area contributed by atoms with Crippen LogP contribution in [0, 0.1) is 0 Å². The molecule has 0 spiro atoms. The zero-order valence-corrected chi connectivity index (χ0v) is 9.89. The van der Waals surface area contributed by atoms with Crippen LogP contribution in [0.25, 0.3) is 0 Å². The van der Waals surface area contributed by atoms with Gasteiger partial charge < -0.3 is 10.6 Å². The lowest BCUT2D eigenvalue weighted by Crippen LogP contribution is -2.40. The van der Waals surface area contributed by atoms with Crippen molar-refractivity contribution < 1.29 is 9.18 Å². The highest BCUT2D eigenvalue weighted by molar-refractivity contribution is 5.93. The van der Waals surface area contributed by atoms with Gasteiger partial charge in [0.05, 0.1) is 6.54 Å². The molecule has 0 aliphatic carbocycles. The lowest BCUT2D eigenvalue weighted by atomic mass is 10.2. The predicted molar refractivity (Wildman–Crippen MR) is 60.7 cm³/mol. The van der Waals surface area contributed by atoms with Crippen molar-refractivity contribution in [1.82, 2.24) is 4.90 Å². The first-order valence-electron chi connectivity index (χ1n) is 4.88. The normalized spacial score (nSPS) is 26.4. The van der Waals surface area contributed by atoms with E-state index >= 15 is 0 Å². The lowest BCUT2D eigenvalue weighted by Gasteiger charge is -2.23. The number of nitrogens with two attached hydrogens (primary N) is 1. The van der Waals surface area contributed by atoms with Crippen molar-refractivity contribution in [3.8, 4) is 0 Å². The van der Waals surface area contributed by atoms with Crippen LogP contribution in [-0.2, 0) is 4.79 Å². The van der Waals surface area contributed by atoms with Gasteiger partial charge in [0.25, 0.3) is 0 Å². The van der Waals surface area contributed by atoms with Gasteiger partial charge in [0.2, 0.25) is 5.91 Å². The van der Waals surface area contributed by atoms with E-state index in [4.69, 9.17) is 5.73 Å². The highest BCUT2D eigenvalue weighted by Gasteiger charge is 2.34. The first kappa shape index (κ1) is 14.4. The number of amides is 1. The monoisotopic (exact) mass is 236 g/mol. The Hall–Kier alpha value is -0.610. The van der Waals surface area contributed by atoms with E-state index in [0.717, 1.165) is 0 Å². The molecule has 0 unspecified atom stereocenters. The SMILES string of the molecule is C/C=C(/C)C(=O)N1C[C@H](F)C[C@H]1CN.Cl. The zero-order chi connectivity index (χ0) is 10.7. The second-order valence-electron chi connectivity index (χ2n) is 3.65. The molecular weight excluding hydrogens is 219 g/mol. The maximum absolute atomic E-state index is 13.1. The molecule has 2 N–H and O–H groups in total. The Morgan fingerprint density at radius 3 is 2.73 bits per heavy atom. The molecule has 0 aromatic carbocycles. The lowest BCUT2D eigenvalue weighted by molar-refractivity contribution is -0.127. The summed E-state index contributed by atoms with van der Waals surface area (Å²) in [4.78, 5) is 13.3. The zero-order valence-electron chi connectivity index (χ0n) is 9.07. The molecule has 5 heteroatoms. The van der Waals surface area contributed by atoms with Gasteiger partial charge in [-0.25, -0.2) is 4.39 Å². The minimum absolute atomic E-state index is 0. The van der Waals surface area contributed by atoms with Gasteiger partial charge in [-0.05, 0) is 13.8 Å². The van der Waals surface area contributed by atoms with Gasteiger partial charge in [0.1, 0.15) is 6.17 Å². The van der Waals surface area contributed by atoms with Crippen LogP contribution in [0.4, 0.5) is 4.39 Å². The van der Waals surface area contributed by atoms with E-state index in [1.807, 2.05) is 0 Å². The third-order valence-electron chi connectivity index (χ3n) is 2.67.